The molecule has 0 heterocycles. The smallest absolute Gasteiger partial charge is 0.207 e. The molecule has 0 aliphatic rings. The number of aryl methyl sites for hydroxylation is 1. The second-order valence-corrected chi connectivity index (χ2v) is 5.48. The largest absolute Gasteiger partial charge is 0.241 e. The van der Waals surface area contributed by atoms with E-state index in [1.54, 1.807) is 13.8 Å². The van der Waals surface area contributed by atoms with Crippen LogP contribution in [-0.2, 0) is 10.0 Å². The molecular weight excluding hydrogens is 243 g/mol. The van der Waals surface area contributed by atoms with Gasteiger partial charge >= 0.3 is 0 Å². The molecular formula is C11H13FN2O2S. The molecule has 1 unspecified atom stereocenters. The van der Waals surface area contributed by atoms with Gasteiger partial charge in [-0.05, 0) is 31.5 Å². The lowest BCUT2D eigenvalue weighted by atomic mass is 10.2. The Kier molecular flexibility index (Phi) is 4.21. The summed E-state index contributed by atoms with van der Waals surface area (Å²) in [6, 6.07) is 4.93. The zero-order valence-electron chi connectivity index (χ0n) is 9.57. The van der Waals surface area contributed by atoms with Gasteiger partial charge in [-0.2, -0.15) is 5.26 Å². The maximum absolute atomic E-state index is 13.0. The molecule has 0 radical (unpaired) electrons. The Labute approximate surface area is 100 Å². The molecule has 1 aromatic carbocycles. The Morgan fingerprint density at radius 3 is 2.76 bits per heavy atom. The molecule has 6 heteroatoms. The first-order chi connectivity index (χ1) is 7.86. The van der Waals surface area contributed by atoms with Crippen molar-refractivity contribution in [3.8, 4) is 6.07 Å². The molecule has 0 fully saturated rings. The van der Waals surface area contributed by atoms with Gasteiger partial charge in [-0.15, -0.1) is 0 Å². The van der Waals surface area contributed by atoms with Gasteiger partial charge in [0.25, 0.3) is 0 Å². The number of nitrogens with zero attached hydrogens (tertiary/aromatic N) is 1. The number of hydrogen-bond donors (Lipinski definition) is 1. The summed E-state index contributed by atoms with van der Waals surface area (Å²) in [6.07, 6.45) is 0.0631. The van der Waals surface area contributed by atoms with Crippen LogP contribution in [0.1, 0.15) is 18.9 Å². The molecule has 0 saturated carbocycles. The van der Waals surface area contributed by atoms with E-state index in [0.717, 1.165) is 6.07 Å². The number of nitrogens with one attached hydrogen (secondary N) is 1. The first-order valence-electron chi connectivity index (χ1n) is 5.02. The second kappa shape index (κ2) is 5.25. The predicted octanol–water partition coefficient (Wildman–Crippen LogP) is 1.71. The minimum atomic E-state index is -3.78. The van der Waals surface area contributed by atoms with Crippen molar-refractivity contribution in [2.75, 3.05) is 0 Å². The fraction of sp³-hybridized carbons (Fsp3) is 0.364. The Hall–Kier alpha value is -1.45. The van der Waals surface area contributed by atoms with Gasteiger partial charge in [0.2, 0.25) is 10.0 Å². The SMILES string of the molecule is Cc1ccc(F)cc1S(=O)(=O)NC(C)CC#N. The van der Waals surface area contributed by atoms with E-state index in [1.807, 2.05) is 6.07 Å². The third kappa shape index (κ3) is 3.51. The first-order valence-corrected chi connectivity index (χ1v) is 6.50. The molecule has 1 N–H and O–H groups in total. The van der Waals surface area contributed by atoms with Crippen molar-refractivity contribution >= 4 is 10.0 Å². The molecule has 0 amide bonds. The number of halogens is 1. The van der Waals surface area contributed by atoms with Crippen LogP contribution in [0.25, 0.3) is 0 Å². The molecule has 0 saturated heterocycles. The maximum atomic E-state index is 13.0. The highest BCUT2D eigenvalue weighted by atomic mass is 32.2. The topological polar surface area (TPSA) is 70.0 Å². The van der Waals surface area contributed by atoms with Gasteiger partial charge in [0.05, 0.1) is 17.4 Å². The van der Waals surface area contributed by atoms with Gasteiger partial charge in [-0.3, -0.25) is 0 Å². The summed E-state index contributed by atoms with van der Waals surface area (Å²) in [4.78, 5) is -0.0951. The summed E-state index contributed by atoms with van der Waals surface area (Å²) >= 11 is 0. The van der Waals surface area contributed by atoms with Crippen molar-refractivity contribution in [1.29, 1.82) is 5.26 Å². The minimum absolute atomic E-state index is 0.0631. The summed E-state index contributed by atoms with van der Waals surface area (Å²) in [5.41, 5.74) is 0.461. The van der Waals surface area contributed by atoms with Crippen LogP contribution in [0, 0.1) is 24.1 Å². The molecule has 92 valence electrons. The highest BCUT2D eigenvalue weighted by molar-refractivity contribution is 7.89. The van der Waals surface area contributed by atoms with Crippen LogP contribution in [-0.4, -0.2) is 14.5 Å². The summed E-state index contributed by atoms with van der Waals surface area (Å²) in [5, 5.41) is 8.46. The van der Waals surface area contributed by atoms with E-state index in [1.165, 1.54) is 12.1 Å². The second-order valence-electron chi connectivity index (χ2n) is 3.79. The highest BCUT2D eigenvalue weighted by Crippen LogP contribution is 2.16. The van der Waals surface area contributed by atoms with E-state index in [9.17, 15) is 12.8 Å². The van der Waals surface area contributed by atoms with Crippen molar-refractivity contribution in [2.24, 2.45) is 0 Å². The van der Waals surface area contributed by atoms with Crippen molar-refractivity contribution in [1.82, 2.24) is 4.72 Å². The molecule has 1 rings (SSSR count). The first kappa shape index (κ1) is 13.6. The van der Waals surface area contributed by atoms with Crippen LogP contribution in [0.2, 0.25) is 0 Å². The van der Waals surface area contributed by atoms with Gasteiger partial charge in [0.15, 0.2) is 0 Å². The van der Waals surface area contributed by atoms with Gasteiger partial charge in [0.1, 0.15) is 5.82 Å². The molecule has 0 aliphatic carbocycles. The summed E-state index contributed by atoms with van der Waals surface area (Å²) in [5.74, 6) is -0.607. The Balaban J connectivity index is 3.06. The van der Waals surface area contributed by atoms with Crippen LogP contribution < -0.4 is 4.72 Å². The minimum Gasteiger partial charge on any atom is -0.207 e. The normalized spacial score (nSPS) is 13.1. The van der Waals surface area contributed by atoms with E-state index in [4.69, 9.17) is 5.26 Å². The van der Waals surface area contributed by atoms with Crippen molar-refractivity contribution in [3.63, 3.8) is 0 Å². The molecule has 0 spiro atoms. The average molecular weight is 256 g/mol. The van der Waals surface area contributed by atoms with E-state index in [-0.39, 0.29) is 11.3 Å². The van der Waals surface area contributed by atoms with Gasteiger partial charge in [-0.25, -0.2) is 17.5 Å². The quantitative estimate of drug-likeness (QED) is 0.891. The molecule has 1 atom stereocenters. The number of sulfonamides is 1. The van der Waals surface area contributed by atoms with Gasteiger partial charge < -0.3 is 0 Å². The van der Waals surface area contributed by atoms with Crippen LogP contribution in [0.3, 0.4) is 0 Å². The third-order valence-electron chi connectivity index (χ3n) is 2.19. The Bertz CT molecular complexity index is 549. The maximum Gasteiger partial charge on any atom is 0.241 e. The molecule has 4 nitrogen and oxygen atoms in total. The fourth-order valence-corrected chi connectivity index (χ4v) is 2.87. The van der Waals surface area contributed by atoms with E-state index < -0.39 is 21.9 Å². The van der Waals surface area contributed by atoms with E-state index in [2.05, 4.69) is 4.72 Å². The van der Waals surface area contributed by atoms with Gasteiger partial charge in [-0.1, -0.05) is 6.07 Å². The van der Waals surface area contributed by atoms with E-state index >= 15 is 0 Å². The third-order valence-corrected chi connectivity index (χ3v) is 3.93. The molecule has 0 bridgehead atoms. The van der Waals surface area contributed by atoms with Crippen molar-refractivity contribution in [2.45, 2.75) is 31.2 Å². The van der Waals surface area contributed by atoms with Gasteiger partial charge in [0, 0.05) is 6.04 Å². The summed E-state index contributed by atoms with van der Waals surface area (Å²) < 4.78 is 39.1. The lowest BCUT2D eigenvalue weighted by Gasteiger charge is -2.12. The number of rotatable bonds is 4. The Morgan fingerprint density at radius 2 is 2.18 bits per heavy atom. The van der Waals surface area contributed by atoms with Crippen LogP contribution >= 0.6 is 0 Å². The average Bonchev–Trinajstić information content (AvgIpc) is 2.21. The monoisotopic (exact) mass is 256 g/mol. The fourth-order valence-electron chi connectivity index (χ4n) is 1.37. The molecule has 0 aliphatic heterocycles. The standard InChI is InChI=1S/C11H13FN2O2S/c1-8-3-4-10(12)7-11(8)17(15,16)14-9(2)5-6-13/h3-4,7,9,14H,5H2,1-2H3. The van der Waals surface area contributed by atoms with Crippen LogP contribution in [0.5, 0.6) is 0 Å². The number of nitriles is 1. The number of hydrogen-bond acceptors (Lipinski definition) is 3. The predicted molar refractivity (Wildman–Crippen MR) is 61.2 cm³/mol. The molecule has 17 heavy (non-hydrogen) atoms. The highest BCUT2D eigenvalue weighted by Gasteiger charge is 2.19. The van der Waals surface area contributed by atoms with Crippen LogP contribution in [0.15, 0.2) is 23.1 Å². The Morgan fingerprint density at radius 1 is 1.53 bits per heavy atom. The zero-order chi connectivity index (χ0) is 13.1. The lowest BCUT2D eigenvalue weighted by molar-refractivity contribution is 0.559. The van der Waals surface area contributed by atoms with E-state index in [0.29, 0.717) is 5.56 Å². The summed E-state index contributed by atoms with van der Waals surface area (Å²) in [7, 11) is -3.78. The van der Waals surface area contributed by atoms with Crippen LogP contribution in [0.4, 0.5) is 4.39 Å². The van der Waals surface area contributed by atoms with Crippen molar-refractivity contribution in [3.05, 3.63) is 29.6 Å². The molecule has 0 aromatic heterocycles. The lowest BCUT2D eigenvalue weighted by Crippen LogP contribution is -2.32. The van der Waals surface area contributed by atoms with Crippen molar-refractivity contribution < 1.29 is 12.8 Å². The number of benzene rings is 1. The summed E-state index contributed by atoms with van der Waals surface area (Å²) in [6.45, 7) is 3.17. The zero-order valence-corrected chi connectivity index (χ0v) is 10.4. The molecule has 1 aromatic rings.